The Bertz CT molecular complexity index is 927. The summed E-state index contributed by atoms with van der Waals surface area (Å²) >= 11 is 0. The highest BCUT2D eigenvalue weighted by molar-refractivity contribution is 5.95. The van der Waals surface area contributed by atoms with E-state index in [1.807, 2.05) is 36.1 Å². The van der Waals surface area contributed by atoms with E-state index in [2.05, 4.69) is 0 Å². The summed E-state index contributed by atoms with van der Waals surface area (Å²) in [6.07, 6.45) is 0.348. The lowest BCUT2D eigenvalue weighted by molar-refractivity contribution is -0.130. The summed E-state index contributed by atoms with van der Waals surface area (Å²) in [5.74, 6) is 0.0123. The van der Waals surface area contributed by atoms with Crippen LogP contribution in [0.15, 0.2) is 48.5 Å². The third kappa shape index (κ3) is 3.72. The molecule has 2 fully saturated rings. The van der Waals surface area contributed by atoms with Gasteiger partial charge in [-0.1, -0.05) is 35.9 Å². The van der Waals surface area contributed by atoms with Crippen molar-refractivity contribution in [3.05, 3.63) is 65.2 Å². The lowest BCUT2D eigenvalue weighted by Gasteiger charge is -2.27. The number of phenols is 1. The van der Waals surface area contributed by atoms with Crippen molar-refractivity contribution in [2.45, 2.75) is 13.3 Å². The fourth-order valence-electron chi connectivity index (χ4n) is 4.56. The van der Waals surface area contributed by atoms with Crippen molar-refractivity contribution in [1.29, 1.82) is 0 Å². The maximum atomic E-state index is 12.8. The van der Waals surface area contributed by atoms with Gasteiger partial charge < -0.3 is 20.0 Å². The second-order valence-corrected chi connectivity index (χ2v) is 8.39. The van der Waals surface area contributed by atoms with Gasteiger partial charge in [-0.3, -0.25) is 9.59 Å². The van der Waals surface area contributed by atoms with Crippen LogP contribution in [0.5, 0.6) is 5.75 Å². The van der Waals surface area contributed by atoms with E-state index in [1.54, 1.807) is 17.0 Å². The summed E-state index contributed by atoms with van der Waals surface area (Å²) in [4.78, 5) is 29.2. The van der Waals surface area contributed by atoms with E-state index in [0.717, 1.165) is 11.1 Å². The van der Waals surface area contributed by atoms with Gasteiger partial charge in [0.05, 0.1) is 13.0 Å². The van der Waals surface area contributed by atoms with Crippen LogP contribution in [0, 0.1) is 18.3 Å². The number of hydrogen-bond acceptors (Lipinski definition) is 4. The molecule has 0 aromatic heterocycles. The van der Waals surface area contributed by atoms with Gasteiger partial charge in [0, 0.05) is 43.1 Å². The Morgan fingerprint density at radius 3 is 2.41 bits per heavy atom. The van der Waals surface area contributed by atoms with Gasteiger partial charge >= 0.3 is 0 Å². The second-order valence-electron chi connectivity index (χ2n) is 8.39. The standard InChI is InChI=1S/C23H26N2O4/c1-16-5-7-17(8-6-16)9-21(28)24-11-19-12-25(14-23(19,13-24)15-26)22(29)18-3-2-4-20(27)10-18/h2-8,10,19,26-27H,9,11-15H2,1H3. The minimum absolute atomic E-state index is 0.0516. The minimum atomic E-state index is -0.477. The molecule has 2 aromatic carbocycles. The number of rotatable bonds is 4. The van der Waals surface area contributed by atoms with Crippen molar-refractivity contribution in [3.8, 4) is 5.75 Å². The molecule has 0 aliphatic carbocycles. The number of carbonyl (C=O) groups is 2. The van der Waals surface area contributed by atoms with Crippen LogP contribution in [0.3, 0.4) is 0 Å². The Labute approximate surface area is 170 Å². The van der Waals surface area contributed by atoms with Crippen LogP contribution in [0.1, 0.15) is 21.5 Å². The largest absolute Gasteiger partial charge is 0.508 e. The first-order valence-electron chi connectivity index (χ1n) is 9.93. The zero-order valence-electron chi connectivity index (χ0n) is 16.5. The molecule has 2 atom stereocenters. The lowest BCUT2D eigenvalue weighted by Crippen LogP contribution is -2.40. The van der Waals surface area contributed by atoms with Gasteiger partial charge in [-0.2, -0.15) is 0 Å². The number of benzene rings is 2. The quantitative estimate of drug-likeness (QED) is 0.829. The van der Waals surface area contributed by atoms with Crippen LogP contribution < -0.4 is 0 Å². The molecule has 2 saturated heterocycles. The minimum Gasteiger partial charge on any atom is -0.508 e. The van der Waals surface area contributed by atoms with Gasteiger partial charge in [0.15, 0.2) is 0 Å². The van der Waals surface area contributed by atoms with E-state index in [4.69, 9.17) is 0 Å². The summed E-state index contributed by atoms with van der Waals surface area (Å²) < 4.78 is 0. The van der Waals surface area contributed by atoms with Crippen molar-refractivity contribution in [2.75, 3.05) is 32.8 Å². The Hall–Kier alpha value is -2.86. The fraction of sp³-hybridized carbons (Fsp3) is 0.391. The van der Waals surface area contributed by atoms with Crippen LogP contribution in [0.25, 0.3) is 0 Å². The average molecular weight is 394 g/mol. The molecule has 152 valence electrons. The molecule has 0 spiro atoms. The van der Waals surface area contributed by atoms with Crippen molar-refractivity contribution in [2.24, 2.45) is 11.3 Å². The molecule has 2 aliphatic heterocycles. The highest BCUT2D eigenvalue weighted by Gasteiger charge is 2.54. The van der Waals surface area contributed by atoms with Crippen LogP contribution in [0.4, 0.5) is 0 Å². The molecular weight excluding hydrogens is 368 g/mol. The van der Waals surface area contributed by atoms with Gasteiger partial charge in [0.25, 0.3) is 5.91 Å². The maximum absolute atomic E-state index is 12.8. The molecule has 29 heavy (non-hydrogen) atoms. The summed E-state index contributed by atoms with van der Waals surface area (Å²) in [6, 6.07) is 14.3. The molecule has 2 heterocycles. The number of aryl methyl sites for hydroxylation is 1. The smallest absolute Gasteiger partial charge is 0.254 e. The van der Waals surface area contributed by atoms with Gasteiger partial charge in [-0.05, 0) is 30.7 Å². The van der Waals surface area contributed by atoms with Crippen molar-refractivity contribution in [1.82, 2.24) is 9.80 Å². The van der Waals surface area contributed by atoms with E-state index in [9.17, 15) is 19.8 Å². The van der Waals surface area contributed by atoms with Crippen molar-refractivity contribution < 1.29 is 19.8 Å². The van der Waals surface area contributed by atoms with E-state index in [0.29, 0.717) is 38.2 Å². The third-order valence-corrected chi connectivity index (χ3v) is 6.28. The Morgan fingerprint density at radius 1 is 1.07 bits per heavy atom. The molecule has 6 nitrogen and oxygen atoms in total. The zero-order chi connectivity index (χ0) is 20.6. The SMILES string of the molecule is Cc1ccc(CC(=O)N2CC3CN(C(=O)c4cccc(O)c4)CC3(CO)C2)cc1. The molecule has 0 bridgehead atoms. The van der Waals surface area contributed by atoms with E-state index < -0.39 is 5.41 Å². The number of phenolic OH excluding ortho intramolecular Hbond substituents is 1. The van der Waals surface area contributed by atoms with Crippen LogP contribution in [0.2, 0.25) is 0 Å². The predicted molar refractivity (Wildman–Crippen MR) is 108 cm³/mol. The van der Waals surface area contributed by atoms with Gasteiger partial charge in [-0.15, -0.1) is 0 Å². The molecule has 2 N–H and O–H groups in total. The molecule has 2 aliphatic rings. The fourth-order valence-corrected chi connectivity index (χ4v) is 4.56. The molecule has 4 rings (SSSR count). The number of nitrogens with zero attached hydrogens (tertiary/aromatic N) is 2. The Balaban J connectivity index is 1.43. The van der Waals surface area contributed by atoms with Gasteiger partial charge in [0.1, 0.15) is 5.75 Å². The predicted octanol–water partition coefficient (Wildman–Crippen LogP) is 1.84. The Morgan fingerprint density at radius 2 is 1.76 bits per heavy atom. The molecule has 2 unspecified atom stereocenters. The highest BCUT2D eigenvalue weighted by Crippen LogP contribution is 2.42. The van der Waals surface area contributed by atoms with Crippen LogP contribution >= 0.6 is 0 Å². The van der Waals surface area contributed by atoms with E-state index in [-0.39, 0.29) is 30.1 Å². The highest BCUT2D eigenvalue weighted by atomic mass is 16.3. The zero-order valence-corrected chi connectivity index (χ0v) is 16.5. The summed E-state index contributed by atoms with van der Waals surface area (Å²) in [5.41, 5.74) is 2.10. The summed E-state index contributed by atoms with van der Waals surface area (Å²) in [5, 5.41) is 19.8. The first-order valence-corrected chi connectivity index (χ1v) is 9.93. The van der Waals surface area contributed by atoms with Crippen molar-refractivity contribution >= 4 is 11.8 Å². The van der Waals surface area contributed by atoms with E-state index in [1.165, 1.54) is 12.1 Å². The molecule has 0 radical (unpaired) electrons. The third-order valence-electron chi connectivity index (χ3n) is 6.28. The molecule has 0 saturated carbocycles. The first-order chi connectivity index (χ1) is 13.9. The van der Waals surface area contributed by atoms with E-state index >= 15 is 0 Å². The summed E-state index contributed by atoms with van der Waals surface area (Å²) in [7, 11) is 0. The lowest BCUT2D eigenvalue weighted by atomic mass is 9.82. The molecule has 2 aromatic rings. The maximum Gasteiger partial charge on any atom is 0.254 e. The number of aliphatic hydroxyl groups is 1. The number of amides is 2. The number of aliphatic hydroxyl groups excluding tert-OH is 1. The average Bonchev–Trinajstić information content (AvgIpc) is 3.24. The van der Waals surface area contributed by atoms with Gasteiger partial charge in [0.2, 0.25) is 5.91 Å². The normalized spacial score (nSPS) is 23.3. The number of carbonyl (C=O) groups excluding carboxylic acids is 2. The number of hydrogen-bond donors (Lipinski definition) is 2. The topological polar surface area (TPSA) is 81.1 Å². The monoisotopic (exact) mass is 394 g/mol. The second kappa shape index (κ2) is 7.52. The van der Waals surface area contributed by atoms with Crippen LogP contribution in [-0.2, 0) is 11.2 Å². The first kappa shape index (κ1) is 19.5. The Kier molecular flexibility index (Phi) is 5.04. The molecule has 2 amide bonds. The number of aromatic hydroxyl groups is 1. The summed E-state index contributed by atoms with van der Waals surface area (Å²) in [6.45, 7) is 3.88. The van der Waals surface area contributed by atoms with Crippen LogP contribution in [-0.4, -0.2) is 64.6 Å². The van der Waals surface area contributed by atoms with Crippen molar-refractivity contribution in [3.63, 3.8) is 0 Å². The molecular formula is C23H26N2O4. The molecule has 6 heteroatoms. The number of fused-ring (bicyclic) bond motifs is 1. The van der Waals surface area contributed by atoms with Gasteiger partial charge in [-0.25, -0.2) is 0 Å². The number of likely N-dealkylation sites (tertiary alicyclic amines) is 2.